The van der Waals surface area contributed by atoms with Crippen LogP contribution in [0.3, 0.4) is 0 Å². The Morgan fingerprint density at radius 1 is 1.21 bits per heavy atom. The summed E-state index contributed by atoms with van der Waals surface area (Å²) < 4.78 is 8.41. The molecular weight excluding hydrogens is 518 g/mol. The number of aliphatic hydroxyl groups is 1. The number of benzene rings is 2. The van der Waals surface area contributed by atoms with Gasteiger partial charge in [-0.25, -0.2) is 0 Å². The maximum atomic E-state index is 14.4. The maximum Gasteiger partial charge on any atom is 0.269 e. The van der Waals surface area contributed by atoms with Gasteiger partial charge in [0.1, 0.15) is 0 Å². The van der Waals surface area contributed by atoms with E-state index in [1.807, 2.05) is 50.3 Å². The number of carbonyl (C=O) groups excluding carboxylic acids is 1. The van der Waals surface area contributed by atoms with Gasteiger partial charge in [0, 0.05) is 54.9 Å². The van der Waals surface area contributed by atoms with Crippen molar-refractivity contribution in [2.24, 2.45) is 5.92 Å². The zero-order valence-electron chi connectivity index (χ0n) is 22.2. The van der Waals surface area contributed by atoms with Gasteiger partial charge >= 0.3 is 0 Å². The first-order valence-electron chi connectivity index (χ1n) is 13.1. The lowest BCUT2D eigenvalue weighted by molar-refractivity contribution is -0.385. The molecule has 4 atom stereocenters. The van der Waals surface area contributed by atoms with Gasteiger partial charge in [0.25, 0.3) is 11.6 Å². The zero-order chi connectivity index (χ0) is 27.9. The normalized spacial score (nSPS) is 24.5. The number of amides is 1. The van der Waals surface area contributed by atoms with Crippen molar-refractivity contribution in [1.29, 1.82) is 0 Å². The topological polar surface area (TPSA) is 144 Å². The summed E-state index contributed by atoms with van der Waals surface area (Å²) in [5, 5.41) is 29.1. The van der Waals surface area contributed by atoms with Crippen molar-refractivity contribution in [3.63, 3.8) is 0 Å². The molecule has 0 saturated carbocycles. The number of fused-ring (bicyclic) bond motifs is 2. The second kappa shape index (κ2) is 10.3. The van der Waals surface area contributed by atoms with E-state index in [0.717, 1.165) is 5.56 Å². The molecular formula is C27H33N5O6Si. The Morgan fingerprint density at radius 3 is 2.62 bits per heavy atom. The first kappa shape index (κ1) is 27.1. The summed E-state index contributed by atoms with van der Waals surface area (Å²) in [4.78, 5) is 38.7. The molecule has 39 heavy (non-hydrogen) atoms. The van der Waals surface area contributed by atoms with Crippen LogP contribution in [0.25, 0.3) is 0 Å². The van der Waals surface area contributed by atoms with E-state index in [-0.39, 0.29) is 23.7 Å². The summed E-state index contributed by atoms with van der Waals surface area (Å²) >= 11 is 0. The molecule has 0 unspecified atom stereocenters. The highest BCUT2D eigenvalue weighted by Gasteiger charge is 2.66. The minimum Gasteiger partial charge on any atom is -0.432 e. The van der Waals surface area contributed by atoms with Crippen LogP contribution in [0.1, 0.15) is 30.2 Å². The zero-order valence-corrected chi connectivity index (χ0v) is 23.2. The van der Waals surface area contributed by atoms with Gasteiger partial charge in [-0.1, -0.05) is 42.5 Å². The van der Waals surface area contributed by atoms with Gasteiger partial charge in [-0.05, 0) is 31.1 Å². The van der Waals surface area contributed by atoms with Crippen LogP contribution in [0.15, 0.2) is 54.7 Å². The molecule has 3 heterocycles. The van der Waals surface area contributed by atoms with E-state index in [2.05, 4.69) is 10.3 Å². The van der Waals surface area contributed by atoms with Crippen molar-refractivity contribution in [1.82, 2.24) is 15.0 Å². The Balaban J connectivity index is 1.54. The fourth-order valence-electron chi connectivity index (χ4n) is 6.31. The molecule has 2 aromatic carbocycles. The maximum absolute atomic E-state index is 14.4. The van der Waals surface area contributed by atoms with Crippen LogP contribution < -0.4 is 4.90 Å². The number of non-ortho nitro benzene ring substituents is 1. The lowest BCUT2D eigenvalue weighted by atomic mass is 9.82. The molecule has 206 valence electrons. The second-order valence-corrected chi connectivity index (χ2v) is 14.9. The number of hydrogen-bond donors (Lipinski definition) is 2. The van der Waals surface area contributed by atoms with Crippen molar-refractivity contribution < 1.29 is 24.4 Å². The van der Waals surface area contributed by atoms with E-state index < -0.39 is 30.9 Å². The standard InChI is InChI=1S/C27H33N5O6Si/c1-18-25(39(2,3)37)24(11-13-30-17-20(12-14-33)28-29-30)38-27(18)22-15-21(32(35)36)9-10-23(22)31(26(27)34)16-19-7-5-4-6-8-19/h4-10,15,17-18,24-25,33,37H,11-14,16H2,1-3H3/t18-,24+,25-,27+/m0/s1. The summed E-state index contributed by atoms with van der Waals surface area (Å²) in [5.74, 6) is -0.699. The van der Waals surface area contributed by atoms with Gasteiger partial charge < -0.3 is 19.5 Å². The van der Waals surface area contributed by atoms with Gasteiger partial charge in [-0.3, -0.25) is 19.6 Å². The highest BCUT2D eigenvalue weighted by molar-refractivity contribution is 6.71. The third-order valence-corrected chi connectivity index (χ3v) is 10.5. The Morgan fingerprint density at radius 2 is 1.95 bits per heavy atom. The fraction of sp³-hybridized carbons (Fsp3) is 0.444. The number of hydrogen-bond acceptors (Lipinski definition) is 8. The predicted molar refractivity (Wildman–Crippen MR) is 145 cm³/mol. The monoisotopic (exact) mass is 551 g/mol. The van der Waals surface area contributed by atoms with E-state index in [1.54, 1.807) is 21.8 Å². The highest BCUT2D eigenvalue weighted by Crippen LogP contribution is 2.60. The summed E-state index contributed by atoms with van der Waals surface area (Å²) in [5.41, 5.74) is 0.774. The average Bonchev–Trinajstić information content (AvgIpc) is 3.53. The molecule has 5 rings (SSSR count). The van der Waals surface area contributed by atoms with Gasteiger partial charge in [-0.2, -0.15) is 0 Å². The number of nitro benzene ring substituents is 1. The lowest BCUT2D eigenvalue weighted by Gasteiger charge is -2.32. The van der Waals surface area contributed by atoms with Gasteiger partial charge in [-0.15, -0.1) is 5.10 Å². The van der Waals surface area contributed by atoms with Crippen LogP contribution in [-0.2, 0) is 34.6 Å². The average molecular weight is 552 g/mol. The summed E-state index contributed by atoms with van der Waals surface area (Å²) in [7, 11) is -2.88. The summed E-state index contributed by atoms with van der Waals surface area (Å²) in [6.45, 7) is 6.31. The minimum absolute atomic E-state index is 0.0238. The predicted octanol–water partition coefficient (Wildman–Crippen LogP) is 3.16. The van der Waals surface area contributed by atoms with Crippen molar-refractivity contribution in [3.05, 3.63) is 81.7 Å². The summed E-state index contributed by atoms with van der Waals surface area (Å²) in [6.07, 6.45) is 2.15. The Kier molecular flexibility index (Phi) is 7.14. The van der Waals surface area contributed by atoms with Crippen molar-refractivity contribution in [3.8, 4) is 0 Å². The lowest BCUT2D eigenvalue weighted by Crippen LogP contribution is -2.46. The number of rotatable bonds is 9. The first-order valence-corrected chi connectivity index (χ1v) is 16.1. The molecule has 2 aliphatic heterocycles. The van der Waals surface area contributed by atoms with Crippen LogP contribution in [0.4, 0.5) is 11.4 Å². The second-order valence-electron chi connectivity index (χ2n) is 10.9. The third kappa shape index (κ3) is 4.77. The van der Waals surface area contributed by atoms with E-state index in [9.17, 15) is 24.8 Å². The Bertz CT molecular complexity index is 1380. The Labute approximate surface area is 227 Å². The van der Waals surface area contributed by atoms with E-state index in [1.165, 1.54) is 12.1 Å². The van der Waals surface area contributed by atoms with Crippen LogP contribution in [0.5, 0.6) is 0 Å². The largest absolute Gasteiger partial charge is 0.432 e. The molecule has 2 aliphatic rings. The molecule has 0 bridgehead atoms. The molecule has 1 aromatic heterocycles. The first-order chi connectivity index (χ1) is 18.6. The van der Waals surface area contributed by atoms with Crippen molar-refractivity contribution in [2.75, 3.05) is 11.5 Å². The Hall–Kier alpha value is -3.45. The molecule has 12 heteroatoms. The quantitative estimate of drug-likeness (QED) is 0.234. The van der Waals surface area contributed by atoms with E-state index in [0.29, 0.717) is 42.9 Å². The number of carbonyl (C=O) groups is 1. The molecule has 2 N–H and O–H groups in total. The number of anilines is 1. The van der Waals surface area contributed by atoms with Gasteiger partial charge in [0.05, 0.1) is 29.0 Å². The highest BCUT2D eigenvalue weighted by atomic mass is 28.4. The van der Waals surface area contributed by atoms with Gasteiger partial charge in [0.2, 0.25) is 0 Å². The number of aliphatic hydroxyl groups excluding tert-OH is 1. The van der Waals surface area contributed by atoms with Crippen molar-refractivity contribution in [2.45, 2.75) is 63.2 Å². The minimum atomic E-state index is -2.88. The smallest absolute Gasteiger partial charge is 0.269 e. The third-order valence-electron chi connectivity index (χ3n) is 7.96. The number of aryl methyl sites for hydroxylation is 1. The molecule has 1 saturated heterocycles. The molecule has 1 amide bonds. The molecule has 11 nitrogen and oxygen atoms in total. The number of nitro groups is 1. The summed E-state index contributed by atoms with van der Waals surface area (Å²) in [6, 6.07) is 14.1. The van der Waals surface area contributed by atoms with E-state index >= 15 is 0 Å². The molecule has 3 aromatic rings. The van der Waals surface area contributed by atoms with Crippen molar-refractivity contribution >= 4 is 25.6 Å². The number of nitrogens with zero attached hydrogens (tertiary/aromatic N) is 5. The van der Waals surface area contributed by atoms with Crippen LogP contribution in [0, 0.1) is 16.0 Å². The fourth-order valence-corrected chi connectivity index (χ4v) is 8.91. The van der Waals surface area contributed by atoms with Crippen LogP contribution in [-0.4, -0.2) is 56.8 Å². The molecule has 1 spiro atoms. The molecule has 1 fully saturated rings. The van der Waals surface area contributed by atoms with Gasteiger partial charge in [0.15, 0.2) is 13.9 Å². The molecule has 0 radical (unpaired) electrons. The number of ether oxygens (including phenoxy) is 1. The molecule has 0 aliphatic carbocycles. The van der Waals surface area contributed by atoms with Crippen LogP contribution >= 0.6 is 0 Å². The van der Waals surface area contributed by atoms with E-state index in [4.69, 9.17) is 4.74 Å². The van der Waals surface area contributed by atoms with Crippen LogP contribution in [0.2, 0.25) is 18.6 Å². The SMILES string of the molecule is C[C@H]1[C@H]([Si](C)(C)O)[C@@H](CCn2cc(CCO)nn2)O[C@]12C(=O)N(Cc1ccccc1)c1ccc([N+](=O)[O-])cc12. The number of aromatic nitrogens is 3.